The van der Waals surface area contributed by atoms with E-state index in [9.17, 15) is 9.59 Å². The molecule has 5 nitrogen and oxygen atoms in total. The molecule has 0 aliphatic heterocycles. The summed E-state index contributed by atoms with van der Waals surface area (Å²) in [6.45, 7) is 0. The Hall–Kier alpha value is -2.14. The van der Waals surface area contributed by atoms with E-state index < -0.39 is 11.5 Å². The molecule has 1 N–H and O–H groups in total. The van der Waals surface area contributed by atoms with Gasteiger partial charge in [-0.05, 0) is 18.6 Å². The average molecular weight is 289 g/mol. The van der Waals surface area contributed by atoms with Gasteiger partial charge >= 0.3 is 5.97 Å². The maximum Gasteiger partial charge on any atom is 0.332 e. The van der Waals surface area contributed by atoms with Crippen molar-refractivity contribution in [2.75, 3.05) is 14.2 Å². The van der Waals surface area contributed by atoms with E-state index in [-0.39, 0.29) is 12.0 Å². The van der Waals surface area contributed by atoms with Crippen LogP contribution in [0.25, 0.3) is 0 Å². The van der Waals surface area contributed by atoms with Gasteiger partial charge in [0.25, 0.3) is 5.91 Å². The standard InChI is InChI=1S/C16H19NO4/c1-20-13-9-6-10-16(11-13,15(19)21-2)17-14(18)12-7-4-3-5-8-12/h3-9,13H,10-11H2,1-2H3,(H,17,18)/t13-,16-/m1/s1. The molecular weight excluding hydrogens is 270 g/mol. The molecule has 2 atom stereocenters. The van der Waals surface area contributed by atoms with E-state index in [0.29, 0.717) is 18.4 Å². The van der Waals surface area contributed by atoms with Gasteiger partial charge in [0.05, 0.1) is 13.2 Å². The molecule has 21 heavy (non-hydrogen) atoms. The van der Waals surface area contributed by atoms with Crippen LogP contribution in [0.4, 0.5) is 0 Å². The summed E-state index contributed by atoms with van der Waals surface area (Å²) in [4.78, 5) is 24.5. The van der Waals surface area contributed by atoms with Crippen LogP contribution in [-0.4, -0.2) is 37.7 Å². The lowest BCUT2D eigenvalue weighted by Gasteiger charge is -2.35. The number of rotatable bonds is 4. The SMILES string of the molecule is COC(=O)[C@@]1(NC(=O)c2ccccc2)CC=C[C@@H](OC)C1. The zero-order valence-electron chi connectivity index (χ0n) is 12.2. The predicted molar refractivity (Wildman–Crippen MR) is 77.8 cm³/mol. The van der Waals surface area contributed by atoms with Gasteiger partial charge in [0, 0.05) is 19.1 Å². The Morgan fingerprint density at radius 2 is 1.95 bits per heavy atom. The van der Waals surface area contributed by atoms with Crippen molar-refractivity contribution in [2.24, 2.45) is 0 Å². The van der Waals surface area contributed by atoms with E-state index in [0.717, 1.165) is 0 Å². The second-order valence-corrected chi connectivity index (χ2v) is 5.00. The monoisotopic (exact) mass is 289 g/mol. The Labute approximate surface area is 123 Å². The van der Waals surface area contributed by atoms with Gasteiger partial charge in [-0.1, -0.05) is 30.4 Å². The smallest absolute Gasteiger partial charge is 0.332 e. The minimum absolute atomic E-state index is 0.228. The van der Waals surface area contributed by atoms with Crippen molar-refractivity contribution >= 4 is 11.9 Å². The largest absolute Gasteiger partial charge is 0.467 e. The van der Waals surface area contributed by atoms with Crippen molar-refractivity contribution in [1.29, 1.82) is 0 Å². The Kier molecular flexibility index (Phi) is 4.75. The van der Waals surface area contributed by atoms with Crippen molar-refractivity contribution in [1.82, 2.24) is 5.32 Å². The molecule has 0 aromatic heterocycles. The molecule has 0 spiro atoms. The fourth-order valence-electron chi connectivity index (χ4n) is 2.47. The van der Waals surface area contributed by atoms with Crippen LogP contribution in [0.2, 0.25) is 0 Å². The Morgan fingerprint density at radius 3 is 2.57 bits per heavy atom. The fourth-order valence-corrected chi connectivity index (χ4v) is 2.47. The summed E-state index contributed by atoms with van der Waals surface area (Å²) in [5.74, 6) is -0.760. The summed E-state index contributed by atoms with van der Waals surface area (Å²) in [6.07, 6.45) is 4.23. The maximum absolute atomic E-state index is 12.3. The number of hydrogen-bond donors (Lipinski definition) is 1. The molecule has 1 aliphatic rings. The third-order valence-corrected chi connectivity index (χ3v) is 3.63. The summed E-state index contributed by atoms with van der Waals surface area (Å²) in [5.41, 5.74) is -0.582. The van der Waals surface area contributed by atoms with Crippen molar-refractivity contribution in [3.63, 3.8) is 0 Å². The minimum Gasteiger partial charge on any atom is -0.467 e. The second kappa shape index (κ2) is 6.54. The van der Waals surface area contributed by atoms with Gasteiger partial charge in [0.2, 0.25) is 0 Å². The van der Waals surface area contributed by atoms with E-state index in [2.05, 4.69) is 5.32 Å². The molecule has 1 aliphatic carbocycles. The van der Waals surface area contributed by atoms with Gasteiger partial charge in [-0.15, -0.1) is 0 Å². The highest BCUT2D eigenvalue weighted by molar-refractivity contribution is 5.98. The fraction of sp³-hybridized carbons (Fsp3) is 0.375. The van der Waals surface area contributed by atoms with Gasteiger partial charge in [-0.25, -0.2) is 4.79 Å². The van der Waals surface area contributed by atoms with E-state index in [1.807, 2.05) is 18.2 Å². The van der Waals surface area contributed by atoms with Crippen LogP contribution in [0.5, 0.6) is 0 Å². The number of amides is 1. The number of carbonyl (C=O) groups excluding carboxylic acids is 2. The zero-order chi connectivity index (χ0) is 15.3. The molecule has 1 aromatic rings. The molecule has 1 amide bonds. The van der Waals surface area contributed by atoms with E-state index in [1.54, 1.807) is 31.4 Å². The van der Waals surface area contributed by atoms with Gasteiger partial charge in [-0.2, -0.15) is 0 Å². The van der Waals surface area contributed by atoms with Gasteiger partial charge < -0.3 is 14.8 Å². The van der Waals surface area contributed by atoms with Crippen LogP contribution in [0.1, 0.15) is 23.2 Å². The van der Waals surface area contributed by atoms with Crippen LogP contribution >= 0.6 is 0 Å². The molecule has 112 valence electrons. The number of benzene rings is 1. The quantitative estimate of drug-likeness (QED) is 0.677. The zero-order valence-corrected chi connectivity index (χ0v) is 12.2. The molecule has 0 bridgehead atoms. The van der Waals surface area contributed by atoms with Gasteiger partial charge in [0.15, 0.2) is 0 Å². The minimum atomic E-state index is -1.09. The lowest BCUT2D eigenvalue weighted by atomic mass is 9.83. The van der Waals surface area contributed by atoms with Crippen molar-refractivity contribution in [2.45, 2.75) is 24.5 Å². The number of carbonyl (C=O) groups is 2. The molecule has 0 unspecified atom stereocenters. The van der Waals surface area contributed by atoms with Gasteiger partial charge in [-0.3, -0.25) is 4.79 Å². The first-order valence-corrected chi connectivity index (χ1v) is 6.77. The Morgan fingerprint density at radius 1 is 1.24 bits per heavy atom. The highest BCUT2D eigenvalue weighted by Gasteiger charge is 2.43. The topological polar surface area (TPSA) is 64.6 Å². The maximum atomic E-state index is 12.3. The van der Waals surface area contributed by atoms with Crippen LogP contribution in [0.15, 0.2) is 42.5 Å². The average Bonchev–Trinajstić information content (AvgIpc) is 2.54. The Bertz CT molecular complexity index is 540. The molecule has 0 saturated heterocycles. The van der Waals surface area contributed by atoms with E-state index in [4.69, 9.17) is 9.47 Å². The lowest BCUT2D eigenvalue weighted by molar-refractivity contribution is -0.149. The molecule has 2 rings (SSSR count). The molecule has 5 heteroatoms. The molecule has 0 heterocycles. The molecule has 0 saturated carbocycles. The van der Waals surface area contributed by atoms with E-state index in [1.165, 1.54) is 7.11 Å². The second-order valence-electron chi connectivity index (χ2n) is 5.00. The number of methoxy groups -OCH3 is 2. The highest BCUT2D eigenvalue weighted by Crippen LogP contribution is 2.27. The summed E-state index contributed by atoms with van der Waals surface area (Å²) >= 11 is 0. The van der Waals surface area contributed by atoms with Gasteiger partial charge in [0.1, 0.15) is 5.54 Å². The normalized spacial score (nSPS) is 24.4. The predicted octanol–water partition coefficient (Wildman–Crippen LogP) is 1.69. The first kappa shape index (κ1) is 15.3. The summed E-state index contributed by atoms with van der Waals surface area (Å²) < 4.78 is 10.2. The first-order valence-electron chi connectivity index (χ1n) is 6.77. The number of hydrogen-bond acceptors (Lipinski definition) is 4. The van der Waals surface area contributed by atoms with Crippen LogP contribution in [0.3, 0.4) is 0 Å². The molecular formula is C16H19NO4. The first-order chi connectivity index (χ1) is 10.1. The summed E-state index contributed by atoms with van der Waals surface area (Å²) in [5, 5.41) is 2.82. The van der Waals surface area contributed by atoms with Crippen LogP contribution in [0, 0.1) is 0 Å². The lowest BCUT2D eigenvalue weighted by Crippen LogP contribution is -2.57. The highest BCUT2D eigenvalue weighted by atomic mass is 16.5. The van der Waals surface area contributed by atoms with E-state index >= 15 is 0 Å². The van der Waals surface area contributed by atoms with Crippen molar-refractivity contribution < 1.29 is 19.1 Å². The third-order valence-electron chi connectivity index (χ3n) is 3.63. The molecule has 1 aromatic carbocycles. The summed E-state index contributed by atoms with van der Waals surface area (Å²) in [6, 6.07) is 8.79. The summed E-state index contributed by atoms with van der Waals surface area (Å²) in [7, 11) is 2.89. The van der Waals surface area contributed by atoms with Crippen molar-refractivity contribution in [3.8, 4) is 0 Å². The third kappa shape index (κ3) is 3.31. The number of nitrogens with one attached hydrogen (secondary N) is 1. The van der Waals surface area contributed by atoms with Crippen molar-refractivity contribution in [3.05, 3.63) is 48.0 Å². The number of esters is 1. The molecule has 0 radical (unpaired) electrons. The Balaban J connectivity index is 2.24. The van der Waals surface area contributed by atoms with Crippen LogP contribution < -0.4 is 5.32 Å². The van der Waals surface area contributed by atoms with Crippen LogP contribution in [-0.2, 0) is 14.3 Å². The number of ether oxygens (including phenoxy) is 2. The molecule has 0 fully saturated rings.